The Labute approximate surface area is 288 Å². The molecule has 3 heterocycles. The third kappa shape index (κ3) is 7.12. The first kappa shape index (κ1) is 36.1. The maximum Gasteiger partial charge on any atom is 0.353 e. The molecule has 49 heavy (non-hydrogen) atoms. The van der Waals surface area contributed by atoms with Crippen LogP contribution in [-0.4, -0.2) is 109 Å². The van der Waals surface area contributed by atoms with Crippen molar-refractivity contribution in [3.05, 3.63) is 46.6 Å². The van der Waals surface area contributed by atoms with Crippen molar-refractivity contribution in [2.45, 2.75) is 58.5 Å². The summed E-state index contributed by atoms with van der Waals surface area (Å²) in [5.74, 6) is -1.90. The predicted molar refractivity (Wildman–Crippen MR) is 190 cm³/mol. The summed E-state index contributed by atoms with van der Waals surface area (Å²) < 4.78 is 35.8. The molecule has 4 N–H and O–H groups in total. The van der Waals surface area contributed by atoms with Crippen molar-refractivity contribution in [3.63, 3.8) is 0 Å². The van der Waals surface area contributed by atoms with Crippen LogP contribution >= 0.6 is 0 Å². The number of carbonyl (C=O) groups excluding carboxylic acids is 2. The van der Waals surface area contributed by atoms with Crippen LogP contribution in [0.2, 0.25) is 0 Å². The molecule has 2 aromatic carbocycles. The Balaban J connectivity index is 1.67. The fraction of sp³-hybridized carbons (Fsp3) is 0.514. The Kier molecular flexibility index (Phi) is 10.1. The van der Waals surface area contributed by atoms with Crippen LogP contribution in [0.5, 0.6) is 5.75 Å². The number of carboxylic acids is 1. The Morgan fingerprint density at radius 2 is 1.73 bits per heavy atom. The van der Waals surface area contributed by atoms with Gasteiger partial charge in [0.1, 0.15) is 5.69 Å². The number of hydrogen-bond acceptors (Lipinski definition) is 8. The molecule has 0 radical (unpaired) electrons. The van der Waals surface area contributed by atoms with Crippen molar-refractivity contribution in [2.24, 2.45) is 12.8 Å². The number of carboxylic acid groups (broad SMARTS) is 1. The minimum absolute atomic E-state index is 0.0170. The first-order valence-corrected chi connectivity index (χ1v) is 18.5. The zero-order valence-electron chi connectivity index (χ0n) is 29.4. The number of anilines is 1. The quantitative estimate of drug-likeness (QED) is 0.288. The van der Waals surface area contributed by atoms with Crippen molar-refractivity contribution in [1.82, 2.24) is 19.3 Å². The van der Waals surface area contributed by atoms with E-state index in [1.807, 2.05) is 50.9 Å². The molecule has 2 amide bonds. The highest BCUT2D eigenvalue weighted by Gasteiger charge is 2.36. The van der Waals surface area contributed by atoms with Crippen molar-refractivity contribution in [2.75, 3.05) is 57.4 Å². The van der Waals surface area contributed by atoms with Gasteiger partial charge in [0.25, 0.3) is 5.91 Å². The number of ether oxygens (including phenoxy) is 1. The lowest BCUT2D eigenvalue weighted by Gasteiger charge is -2.37. The summed E-state index contributed by atoms with van der Waals surface area (Å²) in [6.07, 6.45) is 2.90. The summed E-state index contributed by atoms with van der Waals surface area (Å²) in [6, 6.07) is 7.18. The van der Waals surface area contributed by atoms with Crippen LogP contribution in [0.3, 0.4) is 0 Å². The number of para-hydroxylation sites is 1. The van der Waals surface area contributed by atoms with E-state index in [1.54, 1.807) is 24.6 Å². The second-order valence-corrected chi connectivity index (χ2v) is 15.9. The number of aryl methyl sites for hydroxylation is 1. The lowest BCUT2D eigenvalue weighted by atomic mass is 9.79. The van der Waals surface area contributed by atoms with Gasteiger partial charge in [0.05, 0.1) is 35.7 Å². The number of amides is 2. The van der Waals surface area contributed by atoms with Gasteiger partial charge in [-0.15, -0.1) is 0 Å². The van der Waals surface area contributed by atoms with Crippen LogP contribution in [0.1, 0.15) is 72.5 Å². The summed E-state index contributed by atoms with van der Waals surface area (Å²) >= 11 is 0. The molecule has 0 spiro atoms. The summed E-state index contributed by atoms with van der Waals surface area (Å²) in [6.45, 7) is 11.5. The van der Waals surface area contributed by atoms with Gasteiger partial charge in [0.2, 0.25) is 15.9 Å². The summed E-state index contributed by atoms with van der Waals surface area (Å²) in [7, 11) is -0.263. The van der Waals surface area contributed by atoms with E-state index in [4.69, 9.17) is 10.5 Å². The van der Waals surface area contributed by atoms with Crippen molar-refractivity contribution < 1.29 is 32.6 Å². The molecule has 13 nitrogen and oxygen atoms in total. The molecule has 14 heteroatoms. The van der Waals surface area contributed by atoms with Gasteiger partial charge in [0, 0.05) is 56.3 Å². The fourth-order valence-corrected chi connectivity index (χ4v) is 7.87. The topological polar surface area (TPSA) is 168 Å². The van der Waals surface area contributed by atoms with Crippen molar-refractivity contribution >= 4 is 44.4 Å². The molecule has 2 aliphatic heterocycles. The number of aromatic carboxylic acids is 1. The SMILES string of the molecule is CCOc1c(C(N)=O)cc(C(C)(C)C)c(-c2c(C(=O)O)n(C)c3c(CN4CCN(C(=O)C5CCCN5C)CC4)cccc23)c1NS(C)(=O)=O. The van der Waals surface area contributed by atoms with Gasteiger partial charge in [-0.05, 0) is 56.0 Å². The smallest absolute Gasteiger partial charge is 0.353 e. The van der Waals surface area contributed by atoms with Gasteiger partial charge in [-0.3, -0.25) is 24.1 Å². The second-order valence-electron chi connectivity index (χ2n) is 14.1. The molecule has 0 saturated carbocycles. The number of benzene rings is 2. The van der Waals surface area contributed by atoms with E-state index in [0.717, 1.165) is 31.2 Å². The number of nitrogens with zero attached hydrogens (tertiary/aromatic N) is 4. The summed E-state index contributed by atoms with van der Waals surface area (Å²) in [5.41, 5.74) is 7.69. The molecule has 2 aliphatic rings. The van der Waals surface area contributed by atoms with Gasteiger partial charge in [-0.25, -0.2) is 13.2 Å². The third-order valence-electron chi connectivity index (χ3n) is 9.56. The van der Waals surface area contributed by atoms with Crippen LogP contribution in [0.4, 0.5) is 5.69 Å². The molecule has 0 bridgehead atoms. The third-order valence-corrected chi connectivity index (χ3v) is 10.1. The minimum Gasteiger partial charge on any atom is -0.491 e. The number of rotatable bonds is 10. The van der Waals surface area contributed by atoms with E-state index in [-0.39, 0.29) is 41.3 Å². The zero-order chi connectivity index (χ0) is 36.0. The molecule has 0 aliphatic carbocycles. The lowest BCUT2D eigenvalue weighted by Crippen LogP contribution is -2.52. The monoisotopic (exact) mass is 696 g/mol. The number of sulfonamides is 1. The summed E-state index contributed by atoms with van der Waals surface area (Å²) in [4.78, 5) is 45.4. The normalized spacial score (nSPS) is 17.9. The maximum absolute atomic E-state index is 13.2. The number of likely N-dealkylation sites (tertiary alicyclic amines) is 1. The Bertz CT molecular complexity index is 1910. The van der Waals surface area contributed by atoms with Gasteiger partial charge in [-0.1, -0.05) is 39.0 Å². The number of carbonyl (C=O) groups is 3. The summed E-state index contributed by atoms with van der Waals surface area (Å²) in [5, 5.41) is 11.3. The molecule has 3 aromatic rings. The van der Waals surface area contributed by atoms with Crippen LogP contribution in [0.25, 0.3) is 22.0 Å². The molecular formula is C35H48N6O7S. The highest BCUT2D eigenvalue weighted by atomic mass is 32.2. The number of nitrogens with two attached hydrogens (primary N) is 1. The molecule has 1 atom stereocenters. The van der Waals surface area contributed by atoms with Crippen LogP contribution in [-0.2, 0) is 33.8 Å². The fourth-order valence-electron chi connectivity index (χ4n) is 7.30. The van der Waals surface area contributed by atoms with Gasteiger partial charge in [-0.2, -0.15) is 0 Å². The first-order valence-electron chi connectivity index (χ1n) is 16.6. The van der Waals surface area contributed by atoms with E-state index >= 15 is 0 Å². The van der Waals surface area contributed by atoms with Crippen molar-refractivity contribution in [3.8, 4) is 16.9 Å². The second kappa shape index (κ2) is 13.6. The zero-order valence-corrected chi connectivity index (χ0v) is 30.2. The average Bonchev–Trinajstić information content (AvgIpc) is 3.57. The first-order chi connectivity index (χ1) is 22.9. The number of likely N-dealkylation sites (N-methyl/N-ethyl adjacent to an activating group) is 1. The molecule has 2 fully saturated rings. The molecule has 5 rings (SSSR count). The van der Waals surface area contributed by atoms with E-state index in [1.165, 1.54) is 0 Å². The molecule has 1 aromatic heterocycles. The van der Waals surface area contributed by atoms with Crippen LogP contribution in [0.15, 0.2) is 24.3 Å². The number of nitrogens with one attached hydrogen (secondary N) is 1. The maximum atomic E-state index is 13.2. The Morgan fingerprint density at radius 1 is 1.06 bits per heavy atom. The molecule has 1 unspecified atom stereocenters. The van der Waals surface area contributed by atoms with E-state index in [0.29, 0.717) is 60.3 Å². The Hall–Kier alpha value is -4.14. The standard InChI is InChI=1S/C35H48N6O7S/c1-8-48-31-23(32(36)42)19-24(35(2,3)4)27(28(31)37-49(7,46)47)26-22-12-9-11-21(29(22)39(6)30(26)34(44)45)20-40-15-17-41(18-16-40)33(43)25-13-10-14-38(25)5/h9,11-12,19,25,37H,8,10,13-18,20H2,1-7H3,(H2,36,42)(H,44,45). The van der Waals surface area contributed by atoms with Gasteiger partial charge < -0.3 is 25.0 Å². The molecular weight excluding hydrogens is 648 g/mol. The highest BCUT2D eigenvalue weighted by molar-refractivity contribution is 7.92. The van der Waals surface area contributed by atoms with Gasteiger partial charge >= 0.3 is 5.97 Å². The predicted octanol–water partition coefficient (Wildman–Crippen LogP) is 3.45. The lowest BCUT2D eigenvalue weighted by molar-refractivity contribution is -0.137. The van der Waals surface area contributed by atoms with E-state index in [9.17, 15) is 27.9 Å². The number of fused-ring (bicyclic) bond motifs is 1. The van der Waals surface area contributed by atoms with Crippen molar-refractivity contribution in [1.29, 1.82) is 0 Å². The van der Waals surface area contributed by atoms with Gasteiger partial charge in [0.15, 0.2) is 5.75 Å². The number of piperazine rings is 1. The molecule has 266 valence electrons. The largest absolute Gasteiger partial charge is 0.491 e. The van der Waals surface area contributed by atoms with E-state index < -0.39 is 27.3 Å². The van der Waals surface area contributed by atoms with Crippen LogP contribution in [0, 0.1) is 0 Å². The van der Waals surface area contributed by atoms with Crippen LogP contribution < -0.4 is 15.2 Å². The number of primary amides is 1. The molecule has 2 saturated heterocycles. The Morgan fingerprint density at radius 3 is 2.27 bits per heavy atom. The minimum atomic E-state index is -3.95. The number of hydrogen-bond donors (Lipinski definition) is 3. The highest BCUT2D eigenvalue weighted by Crippen LogP contribution is 2.50. The average molecular weight is 697 g/mol. The van der Waals surface area contributed by atoms with E-state index in [2.05, 4.69) is 14.5 Å². The number of aromatic nitrogens is 1.